The van der Waals surface area contributed by atoms with Gasteiger partial charge in [0.2, 0.25) is 5.60 Å². The first-order valence-corrected chi connectivity index (χ1v) is 10.4. The van der Waals surface area contributed by atoms with Gasteiger partial charge in [-0.2, -0.15) is 0 Å². The lowest BCUT2D eigenvalue weighted by Gasteiger charge is -2.32. The zero-order valence-electron chi connectivity index (χ0n) is 17.8. The van der Waals surface area contributed by atoms with E-state index in [1.165, 1.54) is 0 Å². The van der Waals surface area contributed by atoms with E-state index in [0.717, 1.165) is 12.0 Å². The summed E-state index contributed by atoms with van der Waals surface area (Å²) in [6.07, 6.45) is 0.783. The topological polar surface area (TPSA) is 64.6 Å². The lowest BCUT2D eigenvalue weighted by molar-refractivity contribution is -0.169. The molecule has 1 N–H and O–H groups in total. The van der Waals surface area contributed by atoms with Crippen LogP contribution in [0.4, 0.5) is 5.69 Å². The van der Waals surface area contributed by atoms with Gasteiger partial charge in [0.1, 0.15) is 0 Å². The third-order valence-electron chi connectivity index (χ3n) is 5.02. The molecule has 0 heterocycles. The van der Waals surface area contributed by atoms with Crippen molar-refractivity contribution in [1.29, 1.82) is 0 Å². The molecular weight excluding hydrogens is 390 g/mol. The van der Waals surface area contributed by atoms with E-state index in [1.54, 1.807) is 0 Å². The summed E-state index contributed by atoms with van der Waals surface area (Å²) >= 11 is 0. The Morgan fingerprint density at radius 2 is 1.35 bits per heavy atom. The van der Waals surface area contributed by atoms with Gasteiger partial charge in [0.25, 0.3) is 5.91 Å². The Bertz CT molecular complexity index is 963. The van der Waals surface area contributed by atoms with E-state index in [-0.39, 0.29) is 6.61 Å². The van der Waals surface area contributed by atoms with Crippen LogP contribution >= 0.6 is 0 Å². The molecule has 0 atom stereocenters. The van der Waals surface area contributed by atoms with Gasteiger partial charge in [-0.05, 0) is 36.1 Å². The van der Waals surface area contributed by atoms with E-state index in [4.69, 9.17) is 9.47 Å². The van der Waals surface area contributed by atoms with Crippen LogP contribution in [0.5, 0.6) is 0 Å². The van der Waals surface area contributed by atoms with Crippen LogP contribution in [0.3, 0.4) is 0 Å². The maximum absolute atomic E-state index is 13.4. The summed E-state index contributed by atoms with van der Waals surface area (Å²) in [5, 5.41) is 2.82. The zero-order chi connectivity index (χ0) is 22.1. The van der Waals surface area contributed by atoms with E-state index in [0.29, 0.717) is 16.8 Å². The maximum Gasteiger partial charge on any atom is 0.348 e. The number of hydrogen-bond acceptors (Lipinski definition) is 4. The van der Waals surface area contributed by atoms with E-state index in [2.05, 4.69) is 5.32 Å². The number of anilines is 1. The quantitative estimate of drug-likeness (QED) is 0.512. The Hall–Kier alpha value is -3.44. The molecule has 0 aliphatic heterocycles. The molecule has 0 radical (unpaired) electrons. The van der Waals surface area contributed by atoms with Crippen molar-refractivity contribution in [3.8, 4) is 0 Å². The Balaban J connectivity index is 1.84. The molecule has 3 aromatic carbocycles. The first-order chi connectivity index (χ1) is 15.1. The van der Waals surface area contributed by atoms with E-state index in [1.807, 2.05) is 98.8 Å². The summed E-state index contributed by atoms with van der Waals surface area (Å²) in [6.45, 7) is 3.71. The molecule has 0 aliphatic rings. The number of carbonyl (C=O) groups excluding carboxylic acids is 2. The van der Waals surface area contributed by atoms with Crippen LogP contribution in [0.25, 0.3) is 0 Å². The summed E-state index contributed by atoms with van der Waals surface area (Å²) in [7, 11) is 0. The minimum atomic E-state index is -1.46. The zero-order valence-corrected chi connectivity index (χ0v) is 17.8. The van der Waals surface area contributed by atoms with E-state index < -0.39 is 24.1 Å². The number of para-hydroxylation sites is 1. The number of hydrogen-bond donors (Lipinski definition) is 1. The van der Waals surface area contributed by atoms with Crippen molar-refractivity contribution in [2.24, 2.45) is 0 Å². The number of amides is 1. The van der Waals surface area contributed by atoms with Gasteiger partial charge in [0.05, 0.1) is 0 Å². The van der Waals surface area contributed by atoms with Crippen LogP contribution in [-0.4, -0.2) is 25.1 Å². The Morgan fingerprint density at radius 1 is 0.806 bits per heavy atom. The summed E-state index contributed by atoms with van der Waals surface area (Å²) in [5.41, 5.74) is 1.56. The molecular formula is C26H27NO4. The number of benzene rings is 3. The van der Waals surface area contributed by atoms with Crippen molar-refractivity contribution >= 4 is 17.6 Å². The maximum atomic E-state index is 13.4. The van der Waals surface area contributed by atoms with Gasteiger partial charge in [0, 0.05) is 12.3 Å². The number of esters is 1. The van der Waals surface area contributed by atoms with Crippen LogP contribution in [-0.2, 0) is 31.1 Å². The molecule has 0 saturated heterocycles. The minimum absolute atomic E-state index is 0.287. The predicted octanol–water partition coefficient (Wildman–Crippen LogP) is 4.71. The van der Waals surface area contributed by atoms with Crippen LogP contribution in [0.2, 0.25) is 0 Å². The Kier molecular flexibility index (Phi) is 7.57. The number of nitrogens with one attached hydrogen (secondary N) is 1. The molecule has 0 bridgehead atoms. The highest BCUT2D eigenvalue weighted by atomic mass is 16.6. The first kappa shape index (κ1) is 22.2. The molecule has 0 fully saturated rings. The molecule has 5 heteroatoms. The molecule has 0 aromatic heterocycles. The van der Waals surface area contributed by atoms with Crippen molar-refractivity contribution < 1.29 is 19.1 Å². The molecule has 31 heavy (non-hydrogen) atoms. The molecule has 0 unspecified atom stereocenters. The smallest absolute Gasteiger partial charge is 0.348 e. The molecule has 1 amide bonds. The second-order valence-corrected chi connectivity index (χ2v) is 6.98. The van der Waals surface area contributed by atoms with Gasteiger partial charge in [-0.1, -0.05) is 85.8 Å². The first-order valence-electron chi connectivity index (χ1n) is 10.4. The molecule has 0 spiro atoms. The predicted molar refractivity (Wildman–Crippen MR) is 121 cm³/mol. The van der Waals surface area contributed by atoms with Crippen molar-refractivity contribution in [2.45, 2.75) is 25.9 Å². The Labute approximate surface area is 183 Å². The fraction of sp³-hybridized carbons (Fsp3) is 0.231. The second-order valence-electron chi connectivity index (χ2n) is 6.98. The van der Waals surface area contributed by atoms with Crippen molar-refractivity contribution in [3.05, 3.63) is 102 Å². The molecule has 0 aliphatic carbocycles. The highest BCUT2D eigenvalue weighted by Gasteiger charge is 2.45. The normalized spacial score (nSPS) is 11.0. The van der Waals surface area contributed by atoms with E-state index in [9.17, 15) is 9.59 Å². The van der Waals surface area contributed by atoms with Gasteiger partial charge in [-0.3, -0.25) is 4.79 Å². The van der Waals surface area contributed by atoms with Gasteiger partial charge < -0.3 is 14.8 Å². The van der Waals surface area contributed by atoms with Gasteiger partial charge >= 0.3 is 5.97 Å². The average Bonchev–Trinajstić information content (AvgIpc) is 2.82. The molecule has 3 aromatic rings. The molecule has 3 rings (SSSR count). The standard InChI is InChI=1S/C26H27NO4/c1-3-20-13-11-12-18-23(20)27-24(28)19-30-25(29)26(31-4-2,21-14-7-5-8-15-21)22-16-9-6-10-17-22/h5-18H,3-4,19H2,1-2H3,(H,27,28). The average molecular weight is 418 g/mol. The highest BCUT2D eigenvalue weighted by Crippen LogP contribution is 2.35. The van der Waals surface area contributed by atoms with Crippen LogP contribution in [0.1, 0.15) is 30.5 Å². The fourth-order valence-electron chi connectivity index (χ4n) is 3.56. The summed E-state index contributed by atoms with van der Waals surface area (Å²) < 4.78 is 11.5. The van der Waals surface area contributed by atoms with Crippen LogP contribution in [0.15, 0.2) is 84.9 Å². The largest absolute Gasteiger partial charge is 0.453 e. The van der Waals surface area contributed by atoms with Gasteiger partial charge in [-0.25, -0.2) is 4.79 Å². The number of carbonyl (C=O) groups is 2. The number of rotatable bonds is 9. The summed E-state index contributed by atoms with van der Waals surface area (Å²) in [4.78, 5) is 25.9. The third-order valence-corrected chi connectivity index (χ3v) is 5.02. The molecule has 160 valence electrons. The van der Waals surface area contributed by atoms with Crippen molar-refractivity contribution in [3.63, 3.8) is 0 Å². The minimum Gasteiger partial charge on any atom is -0.453 e. The van der Waals surface area contributed by atoms with Crippen molar-refractivity contribution in [2.75, 3.05) is 18.5 Å². The second kappa shape index (κ2) is 10.5. The van der Waals surface area contributed by atoms with Crippen LogP contribution < -0.4 is 5.32 Å². The monoisotopic (exact) mass is 417 g/mol. The molecule has 5 nitrogen and oxygen atoms in total. The summed E-state index contributed by atoms with van der Waals surface area (Å²) in [5.74, 6) is -1.04. The number of aryl methyl sites for hydroxylation is 1. The van der Waals surface area contributed by atoms with Crippen molar-refractivity contribution in [1.82, 2.24) is 0 Å². The molecule has 0 saturated carbocycles. The number of ether oxygens (including phenoxy) is 2. The summed E-state index contributed by atoms with van der Waals surface area (Å²) in [6, 6.07) is 25.9. The SMILES string of the molecule is CCOC(C(=O)OCC(=O)Nc1ccccc1CC)(c1ccccc1)c1ccccc1. The lowest BCUT2D eigenvalue weighted by Crippen LogP contribution is -2.42. The van der Waals surface area contributed by atoms with E-state index >= 15 is 0 Å². The third kappa shape index (κ3) is 5.01. The van der Waals surface area contributed by atoms with Gasteiger partial charge in [-0.15, -0.1) is 0 Å². The highest BCUT2D eigenvalue weighted by molar-refractivity contribution is 5.94. The fourth-order valence-corrected chi connectivity index (χ4v) is 3.56. The van der Waals surface area contributed by atoms with Gasteiger partial charge in [0.15, 0.2) is 6.61 Å². The van der Waals surface area contributed by atoms with Crippen LogP contribution in [0, 0.1) is 0 Å². The lowest BCUT2D eigenvalue weighted by atomic mass is 9.86. The Morgan fingerprint density at radius 3 is 1.90 bits per heavy atom.